The molecule has 0 saturated carbocycles. The molecular weight excluding hydrogens is 757 g/mol. The first-order valence-corrected chi connectivity index (χ1v) is 20.7. The Morgan fingerprint density at radius 1 is 0.650 bits per heavy atom. The number of fused-ring (bicyclic) bond motifs is 4. The number of nitrogens with one attached hydrogen (secondary N) is 1. The van der Waals surface area contributed by atoms with Gasteiger partial charge in [-0.1, -0.05) is 6.92 Å². The fourth-order valence-electron chi connectivity index (χ4n) is 8.69. The van der Waals surface area contributed by atoms with Crippen LogP contribution in [0.5, 0.6) is 0 Å². The molecule has 308 valence electrons. The second kappa shape index (κ2) is 15.7. The third-order valence-electron chi connectivity index (χ3n) is 11.7. The van der Waals surface area contributed by atoms with Gasteiger partial charge in [0.2, 0.25) is 0 Å². The van der Waals surface area contributed by atoms with E-state index in [1.807, 2.05) is 97.7 Å². The third kappa shape index (κ3) is 7.52. The Morgan fingerprint density at radius 2 is 1.17 bits per heavy atom. The number of rotatable bonds is 5. The number of aromatic nitrogens is 6. The molecule has 2 atom stereocenters. The second-order valence-electron chi connectivity index (χ2n) is 16.2. The van der Waals surface area contributed by atoms with Gasteiger partial charge in [-0.15, -0.1) is 0 Å². The van der Waals surface area contributed by atoms with Gasteiger partial charge in [0.1, 0.15) is 11.2 Å². The molecule has 1 N–H and O–H groups in total. The van der Waals surface area contributed by atoms with Gasteiger partial charge in [0.05, 0.1) is 45.3 Å². The average molecular weight is 807 g/mol. The van der Waals surface area contributed by atoms with Crippen molar-refractivity contribution >= 4 is 44.6 Å². The monoisotopic (exact) mass is 806 g/mol. The molecule has 0 amide bonds. The maximum atomic E-state index is 12.8. The van der Waals surface area contributed by atoms with Gasteiger partial charge < -0.3 is 32.8 Å². The first kappa shape index (κ1) is 39.1. The van der Waals surface area contributed by atoms with E-state index in [-0.39, 0.29) is 11.3 Å². The van der Waals surface area contributed by atoms with Crippen LogP contribution in [-0.4, -0.2) is 91.5 Å². The number of aryl methyl sites for hydroxylation is 4. The van der Waals surface area contributed by atoms with Crippen molar-refractivity contribution in [2.45, 2.75) is 60.5 Å². The normalized spacial score (nSPS) is 17.5. The largest absolute Gasteiger partial charge is 0.422 e. The molecule has 2 aromatic carbocycles. The van der Waals surface area contributed by atoms with E-state index >= 15 is 0 Å². The summed E-state index contributed by atoms with van der Waals surface area (Å²) in [5, 5.41) is 5.22. The van der Waals surface area contributed by atoms with Crippen LogP contribution >= 0.6 is 0 Å². The molecule has 0 aliphatic carbocycles. The molecule has 60 heavy (non-hydrogen) atoms. The standard InChI is InChI=1S/C24H27N5O2.C22H23N5O2/c1-5-27-8-9-28(13-16(27)3)19-7-6-18-10-20(24(30)31-22(18)11-19)21-14-29-12-15(2)25-17(4)23(29)26-21;1-13-10-26(7-6-23-13)17-5-4-16-8-18(22(28)29-20(16)9-17)19-12-27-11-14(2)24-15(3)21(27)25-19/h6-7,10-12,14,16H,5,8-9,13H2,1-4H3;4-5,8-9,11-13,23H,6-7,10H2,1-3H3/t16-;13-/m00/s1. The molecule has 0 radical (unpaired) electrons. The minimum absolute atomic E-state index is 0.375. The van der Waals surface area contributed by atoms with E-state index in [2.05, 4.69) is 72.9 Å². The van der Waals surface area contributed by atoms with Gasteiger partial charge in [-0.05, 0) is 84.5 Å². The summed E-state index contributed by atoms with van der Waals surface area (Å²) < 4.78 is 15.3. The lowest BCUT2D eigenvalue weighted by Crippen LogP contribution is -2.51. The minimum Gasteiger partial charge on any atom is -0.422 e. The Kier molecular flexibility index (Phi) is 10.2. The average Bonchev–Trinajstić information content (AvgIpc) is 3.85. The van der Waals surface area contributed by atoms with Crippen molar-refractivity contribution in [3.8, 4) is 22.5 Å². The number of hydrogen-bond acceptors (Lipinski definition) is 12. The van der Waals surface area contributed by atoms with Crippen LogP contribution in [-0.2, 0) is 0 Å². The number of hydrogen-bond donors (Lipinski definition) is 1. The number of likely N-dealkylation sites (N-methyl/N-ethyl adjacent to an activating group) is 1. The Morgan fingerprint density at radius 3 is 1.65 bits per heavy atom. The van der Waals surface area contributed by atoms with Crippen molar-refractivity contribution in [1.29, 1.82) is 0 Å². The maximum absolute atomic E-state index is 12.8. The van der Waals surface area contributed by atoms with Gasteiger partial charge in [-0.25, -0.2) is 19.6 Å². The Bertz CT molecular complexity index is 3040. The number of anilines is 2. The van der Waals surface area contributed by atoms with Crippen LogP contribution in [0.4, 0.5) is 11.4 Å². The van der Waals surface area contributed by atoms with Crippen molar-refractivity contribution in [3.63, 3.8) is 0 Å². The number of imidazole rings is 2. The van der Waals surface area contributed by atoms with Crippen LogP contribution < -0.4 is 26.4 Å². The zero-order valence-corrected chi connectivity index (χ0v) is 35.2. The van der Waals surface area contributed by atoms with Crippen molar-refractivity contribution in [2.75, 3.05) is 55.6 Å². The van der Waals surface area contributed by atoms with Crippen LogP contribution in [0.3, 0.4) is 0 Å². The maximum Gasteiger partial charge on any atom is 0.345 e. The highest BCUT2D eigenvalue weighted by Gasteiger charge is 2.24. The topological polar surface area (TPSA) is 143 Å². The lowest BCUT2D eigenvalue weighted by Gasteiger charge is -2.40. The van der Waals surface area contributed by atoms with E-state index in [9.17, 15) is 9.59 Å². The molecule has 10 rings (SSSR count). The van der Waals surface area contributed by atoms with Crippen molar-refractivity contribution < 1.29 is 8.83 Å². The summed E-state index contributed by atoms with van der Waals surface area (Å²) >= 11 is 0. The van der Waals surface area contributed by atoms with Crippen LogP contribution in [0.1, 0.15) is 43.5 Å². The molecule has 2 aliphatic rings. The zero-order valence-electron chi connectivity index (χ0n) is 35.2. The van der Waals surface area contributed by atoms with E-state index in [0.717, 1.165) is 102 Å². The van der Waals surface area contributed by atoms with E-state index in [1.165, 1.54) is 0 Å². The number of benzene rings is 2. The summed E-state index contributed by atoms with van der Waals surface area (Å²) in [6, 6.07) is 16.9. The first-order valence-electron chi connectivity index (χ1n) is 20.7. The molecule has 0 spiro atoms. The predicted molar refractivity (Wildman–Crippen MR) is 236 cm³/mol. The van der Waals surface area contributed by atoms with Gasteiger partial charge in [-0.2, -0.15) is 0 Å². The molecule has 0 bridgehead atoms. The fraction of sp³-hybridized carbons (Fsp3) is 0.348. The fourth-order valence-corrected chi connectivity index (χ4v) is 8.69. The molecule has 2 aliphatic heterocycles. The Hall–Kier alpha value is -6.38. The Balaban J connectivity index is 0.000000154. The molecule has 2 saturated heterocycles. The highest BCUT2D eigenvalue weighted by atomic mass is 16.4. The summed E-state index contributed by atoms with van der Waals surface area (Å²) in [6.45, 7) is 21.2. The summed E-state index contributed by atoms with van der Waals surface area (Å²) in [5.41, 5.74) is 9.69. The van der Waals surface area contributed by atoms with Gasteiger partial charge in [0, 0.05) is 110 Å². The van der Waals surface area contributed by atoms with Crippen molar-refractivity contribution in [1.82, 2.24) is 39.0 Å². The highest BCUT2D eigenvalue weighted by Crippen LogP contribution is 2.29. The molecule has 0 unspecified atom stereocenters. The summed E-state index contributed by atoms with van der Waals surface area (Å²) in [5.74, 6) is 0. The lowest BCUT2D eigenvalue weighted by atomic mass is 10.1. The van der Waals surface area contributed by atoms with E-state index in [0.29, 0.717) is 45.8 Å². The first-order chi connectivity index (χ1) is 28.9. The smallest absolute Gasteiger partial charge is 0.345 e. The quantitative estimate of drug-likeness (QED) is 0.188. The SMILES string of the molecule is CCN1CCN(c2ccc3cc(-c4cn5cc(C)nc(C)c5n4)c(=O)oc3c2)C[C@@H]1C.Cc1cn2cc(-c3cc4ccc(N5CCN[C@@H](C)C5)cc4oc3=O)nc2c(C)n1. The molecular formula is C46H50N10O4. The molecule has 14 heteroatoms. The molecule has 8 heterocycles. The van der Waals surface area contributed by atoms with Crippen molar-refractivity contribution in [3.05, 3.63) is 117 Å². The van der Waals surface area contributed by atoms with Gasteiger partial charge in [0.15, 0.2) is 11.3 Å². The van der Waals surface area contributed by atoms with E-state index in [4.69, 9.17) is 8.83 Å². The molecule has 14 nitrogen and oxygen atoms in total. The van der Waals surface area contributed by atoms with Crippen LogP contribution in [0.2, 0.25) is 0 Å². The third-order valence-corrected chi connectivity index (χ3v) is 11.7. The zero-order chi connectivity index (χ0) is 41.8. The van der Waals surface area contributed by atoms with Crippen molar-refractivity contribution in [2.24, 2.45) is 0 Å². The van der Waals surface area contributed by atoms with Crippen LogP contribution in [0.15, 0.2) is 91.7 Å². The summed E-state index contributed by atoms with van der Waals surface area (Å²) in [4.78, 5) is 50.9. The lowest BCUT2D eigenvalue weighted by molar-refractivity contribution is 0.199. The molecule has 2 fully saturated rings. The number of piperazine rings is 2. The summed E-state index contributed by atoms with van der Waals surface area (Å²) in [7, 11) is 0. The highest BCUT2D eigenvalue weighted by molar-refractivity contribution is 5.85. The minimum atomic E-state index is -0.380. The van der Waals surface area contributed by atoms with Crippen LogP contribution in [0, 0.1) is 27.7 Å². The van der Waals surface area contributed by atoms with E-state index < -0.39 is 0 Å². The second-order valence-corrected chi connectivity index (χ2v) is 16.2. The number of nitrogens with zero attached hydrogens (tertiary/aromatic N) is 9. The molecule has 8 aromatic rings. The summed E-state index contributed by atoms with van der Waals surface area (Å²) in [6.07, 6.45) is 7.53. The van der Waals surface area contributed by atoms with Gasteiger partial charge in [0.25, 0.3) is 0 Å². The Labute approximate surface area is 347 Å². The van der Waals surface area contributed by atoms with Gasteiger partial charge in [-0.3, -0.25) is 14.9 Å². The molecule has 6 aromatic heterocycles. The van der Waals surface area contributed by atoms with Gasteiger partial charge >= 0.3 is 11.3 Å². The van der Waals surface area contributed by atoms with E-state index in [1.54, 1.807) is 0 Å². The predicted octanol–water partition coefficient (Wildman–Crippen LogP) is 6.57. The van der Waals surface area contributed by atoms with Crippen LogP contribution in [0.25, 0.3) is 55.7 Å².